The maximum Gasteiger partial charge on any atom is 0.330 e. The second-order valence-electron chi connectivity index (χ2n) is 7.02. The minimum Gasteiger partial charge on any atom is -0.456 e. The lowest BCUT2D eigenvalue weighted by Crippen LogP contribution is -2.47. The molecule has 6 atom stereocenters. The van der Waals surface area contributed by atoms with Crippen LogP contribution < -0.4 is 0 Å². The summed E-state index contributed by atoms with van der Waals surface area (Å²) in [7, 11) is 0. The van der Waals surface area contributed by atoms with Crippen LogP contribution in [0.3, 0.4) is 0 Å². The van der Waals surface area contributed by atoms with E-state index in [1.165, 1.54) is 6.08 Å². The highest BCUT2D eigenvalue weighted by Gasteiger charge is 2.53. The molecule has 3 heterocycles. The van der Waals surface area contributed by atoms with Crippen LogP contribution in [0, 0.1) is 0 Å². The van der Waals surface area contributed by atoms with Crippen molar-refractivity contribution in [3.63, 3.8) is 0 Å². The zero-order valence-corrected chi connectivity index (χ0v) is 14.0. The molecule has 2 saturated heterocycles. The van der Waals surface area contributed by atoms with Crippen molar-refractivity contribution in [2.75, 3.05) is 0 Å². The zero-order valence-electron chi connectivity index (χ0n) is 14.0. The Morgan fingerprint density at radius 2 is 2.25 bits per heavy atom. The smallest absolute Gasteiger partial charge is 0.330 e. The predicted molar refractivity (Wildman–Crippen MR) is 86.0 cm³/mol. The first-order valence-corrected chi connectivity index (χ1v) is 8.69. The van der Waals surface area contributed by atoms with Gasteiger partial charge in [0.25, 0.3) is 0 Å². The van der Waals surface area contributed by atoms with Crippen molar-refractivity contribution in [3.05, 3.63) is 24.3 Å². The molecule has 0 amide bonds. The van der Waals surface area contributed by atoms with E-state index >= 15 is 0 Å². The maximum absolute atomic E-state index is 11.4. The van der Waals surface area contributed by atoms with Gasteiger partial charge >= 0.3 is 5.97 Å². The van der Waals surface area contributed by atoms with E-state index in [0.29, 0.717) is 25.7 Å². The molecule has 0 aromatic heterocycles. The number of ether oxygens (including phenoxy) is 3. The lowest BCUT2D eigenvalue weighted by atomic mass is 9.91. The molecule has 6 heteroatoms. The summed E-state index contributed by atoms with van der Waals surface area (Å²) in [6.07, 6.45) is 4.03. The quantitative estimate of drug-likeness (QED) is 0.585. The molecule has 0 bridgehead atoms. The van der Waals surface area contributed by atoms with Gasteiger partial charge in [0.05, 0.1) is 18.3 Å². The summed E-state index contributed by atoms with van der Waals surface area (Å²) in [5, 5.41) is 20.5. The Balaban J connectivity index is 1.65. The first kappa shape index (κ1) is 17.6. The van der Waals surface area contributed by atoms with Crippen LogP contribution in [-0.4, -0.2) is 52.5 Å². The van der Waals surface area contributed by atoms with Crippen LogP contribution >= 0.6 is 0 Å². The van der Waals surface area contributed by atoms with E-state index in [0.717, 1.165) is 18.4 Å². The molecule has 0 radical (unpaired) electrons. The van der Waals surface area contributed by atoms with E-state index in [2.05, 4.69) is 6.58 Å². The van der Waals surface area contributed by atoms with Gasteiger partial charge in [-0.25, -0.2) is 4.79 Å². The molecule has 0 aliphatic carbocycles. The van der Waals surface area contributed by atoms with Crippen LogP contribution in [0.2, 0.25) is 0 Å². The van der Waals surface area contributed by atoms with Gasteiger partial charge in [-0.2, -0.15) is 0 Å². The van der Waals surface area contributed by atoms with E-state index in [1.54, 1.807) is 6.08 Å². The molecule has 3 aliphatic rings. The number of fused-ring (bicyclic) bond motifs is 1. The van der Waals surface area contributed by atoms with Crippen LogP contribution in [0.5, 0.6) is 0 Å². The van der Waals surface area contributed by atoms with Crippen LogP contribution in [0.15, 0.2) is 24.3 Å². The molecule has 6 nitrogen and oxygen atoms in total. The third kappa shape index (κ3) is 3.72. The summed E-state index contributed by atoms with van der Waals surface area (Å²) < 4.78 is 17.4. The fourth-order valence-corrected chi connectivity index (χ4v) is 3.83. The number of hydrogen-bond acceptors (Lipinski definition) is 6. The summed E-state index contributed by atoms with van der Waals surface area (Å²) in [6.45, 7) is 5.96. The number of aliphatic hydroxyl groups excluding tert-OH is 2. The Bertz CT molecular complexity index is 530. The summed E-state index contributed by atoms with van der Waals surface area (Å²) in [6, 6.07) is 0. The average molecular weight is 338 g/mol. The molecular weight excluding hydrogens is 312 g/mol. The van der Waals surface area contributed by atoms with E-state index in [4.69, 9.17) is 14.2 Å². The summed E-state index contributed by atoms with van der Waals surface area (Å²) >= 11 is 0. The molecule has 1 spiro atoms. The first-order chi connectivity index (χ1) is 11.4. The van der Waals surface area contributed by atoms with Gasteiger partial charge in [-0.05, 0) is 24.5 Å². The molecule has 0 saturated carbocycles. The van der Waals surface area contributed by atoms with Crippen LogP contribution in [-0.2, 0) is 19.0 Å². The number of esters is 1. The van der Waals surface area contributed by atoms with E-state index in [-0.39, 0.29) is 24.3 Å². The lowest BCUT2D eigenvalue weighted by molar-refractivity contribution is -0.284. The van der Waals surface area contributed by atoms with Crippen molar-refractivity contribution < 1.29 is 29.2 Å². The minimum absolute atomic E-state index is 0.322. The highest BCUT2D eigenvalue weighted by molar-refractivity contribution is 5.83. The number of carbonyl (C=O) groups is 1. The second kappa shape index (κ2) is 6.96. The number of hydrogen-bond donors (Lipinski definition) is 2. The Labute approximate surface area is 142 Å². The fraction of sp³-hybridized carbons (Fsp3) is 0.722. The maximum atomic E-state index is 11.4. The van der Waals surface area contributed by atoms with Crippen LogP contribution in [0.1, 0.15) is 45.4 Å². The molecule has 2 fully saturated rings. The minimum atomic E-state index is -0.960. The summed E-state index contributed by atoms with van der Waals surface area (Å²) in [4.78, 5) is 11.4. The molecule has 0 aromatic rings. The van der Waals surface area contributed by atoms with Crippen LogP contribution in [0.4, 0.5) is 0 Å². The van der Waals surface area contributed by atoms with E-state index in [1.807, 2.05) is 6.92 Å². The normalized spacial score (nSPS) is 39.5. The monoisotopic (exact) mass is 338 g/mol. The Kier molecular flexibility index (Phi) is 5.11. The van der Waals surface area contributed by atoms with Gasteiger partial charge in [0.1, 0.15) is 12.2 Å². The topological polar surface area (TPSA) is 85.2 Å². The largest absolute Gasteiger partial charge is 0.456 e. The number of carbonyl (C=O) groups excluding carboxylic acids is 1. The van der Waals surface area contributed by atoms with Gasteiger partial charge < -0.3 is 24.4 Å². The van der Waals surface area contributed by atoms with Crippen molar-refractivity contribution in [3.8, 4) is 0 Å². The van der Waals surface area contributed by atoms with Crippen molar-refractivity contribution in [1.29, 1.82) is 0 Å². The second-order valence-corrected chi connectivity index (χ2v) is 7.02. The molecule has 2 N–H and O–H groups in total. The van der Waals surface area contributed by atoms with Gasteiger partial charge in [-0.1, -0.05) is 19.9 Å². The van der Waals surface area contributed by atoms with Gasteiger partial charge in [0.15, 0.2) is 5.79 Å². The summed E-state index contributed by atoms with van der Waals surface area (Å²) in [5.74, 6) is -1.34. The zero-order chi connectivity index (χ0) is 17.3. The number of aliphatic hydroxyl groups is 2. The number of rotatable bonds is 5. The summed E-state index contributed by atoms with van der Waals surface area (Å²) in [5.41, 5.74) is 0.785. The van der Waals surface area contributed by atoms with Crippen molar-refractivity contribution >= 4 is 5.97 Å². The predicted octanol–water partition coefficient (Wildman–Crippen LogP) is 1.60. The van der Waals surface area contributed by atoms with Crippen molar-refractivity contribution in [2.45, 2.75) is 81.8 Å². The fourth-order valence-electron chi connectivity index (χ4n) is 3.83. The molecule has 0 aromatic carbocycles. The van der Waals surface area contributed by atoms with Gasteiger partial charge in [0.2, 0.25) is 0 Å². The first-order valence-electron chi connectivity index (χ1n) is 8.69. The molecular formula is C18H26O6. The van der Waals surface area contributed by atoms with Crippen molar-refractivity contribution in [1.82, 2.24) is 0 Å². The Morgan fingerprint density at radius 3 is 3.00 bits per heavy atom. The highest BCUT2D eigenvalue weighted by atomic mass is 16.7. The average Bonchev–Trinajstić information content (AvgIpc) is 2.82. The van der Waals surface area contributed by atoms with E-state index in [9.17, 15) is 15.0 Å². The Hall–Kier alpha value is -1.21. The van der Waals surface area contributed by atoms with Crippen LogP contribution in [0.25, 0.3) is 0 Å². The third-order valence-corrected chi connectivity index (χ3v) is 4.91. The molecule has 3 aliphatic heterocycles. The molecule has 6 unspecified atom stereocenters. The van der Waals surface area contributed by atoms with Crippen molar-refractivity contribution in [2.24, 2.45) is 0 Å². The highest BCUT2D eigenvalue weighted by Crippen LogP contribution is 2.44. The Morgan fingerprint density at radius 1 is 1.46 bits per heavy atom. The standard InChI is InChI=1S/C18H26O6/c1-3-4-11(2)14(20)8-13-7-12(19)9-18(23-13)10-16-15(24-18)5-6-17(21)22-16/h5-6,12-16,19-20H,2-4,7-10H2,1H3. The van der Waals surface area contributed by atoms with Gasteiger partial charge in [-0.15, -0.1) is 0 Å². The van der Waals surface area contributed by atoms with Gasteiger partial charge in [-0.3, -0.25) is 0 Å². The van der Waals surface area contributed by atoms with Gasteiger partial charge in [0, 0.05) is 25.3 Å². The van der Waals surface area contributed by atoms with E-state index < -0.39 is 18.0 Å². The lowest BCUT2D eigenvalue weighted by Gasteiger charge is -2.41. The SMILES string of the molecule is C=C(CCC)C(O)CC1CC(O)CC2(CC3OC(=O)C=CC3O2)O1. The molecule has 24 heavy (non-hydrogen) atoms. The molecule has 134 valence electrons. The molecule has 3 rings (SSSR count). The third-order valence-electron chi connectivity index (χ3n) is 4.91.